The molecule has 0 spiro atoms. The van der Waals surface area contributed by atoms with Crippen molar-refractivity contribution in [1.29, 1.82) is 0 Å². The van der Waals surface area contributed by atoms with Crippen LogP contribution in [0.1, 0.15) is 162 Å². The van der Waals surface area contributed by atoms with E-state index in [1.54, 1.807) is 0 Å². The summed E-state index contributed by atoms with van der Waals surface area (Å²) in [6, 6.07) is -0.922. The first-order valence-electron chi connectivity index (χ1n) is 17.7. The molecule has 252 valence electrons. The van der Waals surface area contributed by atoms with Gasteiger partial charge < -0.3 is 20.8 Å². The molecule has 2 amide bonds. The molecule has 1 saturated heterocycles. The third-order valence-electron chi connectivity index (χ3n) is 8.45. The van der Waals surface area contributed by atoms with Gasteiger partial charge >= 0.3 is 5.97 Å². The van der Waals surface area contributed by atoms with Crippen molar-refractivity contribution in [3.63, 3.8) is 0 Å². The Morgan fingerprint density at radius 2 is 1.09 bits per heavy atom. The minimum atomic E-state index is -0.922. The zero-order chi connectivity index (χ0) is 31.7. The summed E-state index contributed by atoms with van der Waals surface area (Å²) in [5.74, 6) is -1.81. The summed E-state index contributed by atoms with van der Waals surface area (Å²) >= 11 is 0. The average molecular weight is 612 g/mol. The van der Waals surface area contributed by atoms with Crippen LogP contribution in [-0.4, -0.2) is 75.8 Å². The molecule has 0 aliphatic carbocycles. The van der Waals surface area contributed by atoms with Gasteiger partial charge in [-0.05, 0) is 32.2 Å². The van der Waals surface area contributed by atoms with Gasteiger partial charge in [0, 0.05) is 25.9 Å². The van der Waals surface area contributed by atoms with Gasteiger partial charge in [0.05, 0.1) is 12.2 Å². The zero-order valence-corrected chi connectivity index (χ0v) is 27.6. The van der Waals surface area contributed by atoms with Gasteiger partial charge in [-0.1, -0.05) is 123 Å². The van der Waals surface area contributed by atoms with Crippen LogP contribution >= 0.6 is 0 Å². The summed E-state index contributed by atoms with van der Waals surface area (Å²) < 4.78 is 0. The molecule has 1 heterocycles. The Kier molecular flexibility index (Phi) is 23.6. The molecule has 1 rings (SSSR count). The Hall–Kier alpha value is -1.55. The molecule has 0 radical (unpaired) electrons. The number of imide groups is 1. The third kappa shape index (κ3) is 20.2. The first-order valence-corrected chi connectivity index (χ1v) is 17.7. The Bertz CT molecular complexity index is 693. The van der Waals surface area contributed by atoms with E-state index in [0.717, 1.165) is 44.9 Å². The highest BCUT2D eigenvalue weighted by Gasteiger charge is 2.34. The van der Waals surface area contributed by atoms with E-state index in [-0.39, 0.29) is 12.8 Å². The smallest absolute Gasteiger partial charge is 0.349 e. The molecule has 3 atom stereocenters. The normalized spacial score (nSPS) is 15.8. The molecule has 0 aromatic rings. The lowest BCUT2D eigenvalue weighted by Gasteiger charge is -2.27. The van der Waals surface area contributed by atoms with Crippen molar-refractivity contribution in [3.8, 4) is 0 Å². The predicted octanol–water partition coefficient (Wildman–Crippen LogP) is 6.18. The standard InChI is InChI=1S/C34H65N3O6/c1-3-5-7-9-11-13-15-17-21-29(38)27-36(28-30(39)22-18-16-14-12-10-8-6-4-2)26-20-19-23-31(35)34(42)43-37-32(40)24-25-33(37)41/h29-31,38-39H,3-28,35H2,1-2H3/t29-,30-,31-/m1/s1. The molecule has 4 N–H and O–H groups in total. The molecule has 1 fully saturated rings. The Morgan fingerprint density at radius 1 is 0.698 bits per heavy atom. The van der Waals surface area contributed by atoms with Crippen molar-refractivity contribution in [2.75, 3.05) is 19.6 Å². The minimum Gasteiger partial charge on any atom is -0.392 e. The maximum Gasteiger partial charge on any atom is 0.349 e. The van der Waals surface area contributed by atoms with Gasteiger partial charge in [0.15, 0.2) is 0 Å². The van der Waals surface area contributed by atoms with E-state index in [9.17, 15) is 24.6 Å². The molecule has 1 aliphatic rings. The van der Waals surface area contributed by atoms with Crippen molar-refractivity contribution in [1.82, 2.24) is 9.96 Å². The molecule has 0 aromatic heterocycles. The van der Waals surface area contributed by atoms with Crippen LogP contribution in [0.25, 0.3) is 0 Å². The van der Waals surface area contributed by atoms with Crippen LogP contribution in [0.3, 0.4) is 0 Å². The van der Waals surface area contributed by atoms with Crippen LogP contribution in [0.15, 0.2) is 0 Å². The molecule has 0 bridgehead atoms. The van der Waals surface area contributed by atoms with Crippen LogP contribution in [0.2, 0.25) is 0 Å². The fourth-order valence-corrected chi connectivity index (χ4v) is 5.70. The summed E-state index contributed by atoms with van der Waals surface area (Å²) in [5.41, 5.74) is 5.97. The van der Waals surface area contributed by atoms with Crippen LogP contribution < -0.4 is 5.73 Å². The van der Waals surface area contributed by atoms with Gasteiger partial charge in [-0.3, -0.25) is 14.5 Å². The Balaban J connectivity index is 2.41. The van der Waals surface area contributed by atoms with Gasteiger partial charge in [0.1, 0.15) is 6.04 Å². The molecular weight excluding hydrogens is 546 g/mol. The highest BCUT2D eigenvalue weighted by atomic mass is 16.7. The zero-order valence-electron chi connectivity index (χ0n) is 27.6. The van der Waals surface area contributed by atoms with Gasteiger partial charge in [0.2, 0.25) is 0 Å². The average Bonchev–Trinajstić information content (AvgIpc) is 3.29. The topological polar surface area (TPSA) is 133 Å². The second-order valence-electron chi connectivity index (χ2n) is 12.7. The first-order chi connectivity index (χ1) is 20.8. The first kappa shape index (κ1) is 39.5. The van der Waals surface area contributed by atoms with Crippen LogP contribution in [0, 0.1) is 0 Å². The number of hydrogen-bond donors (Lipinski definition) is 3. The number of unbranched alkanes of at least 4 members (excludes halogenated alkanes) is 15. The van der Waals surface area contributed by atoms with E-state index in [4.69, 9.17) is 10.6 Å². The van der Waals surface area contributed by atoms with Crippen LogP contribution in [-0.2, 0) is 19.2 Å². The number of carbonyl (C=O) groups excluding carboxylic acids is 3. The molecule has 1 aliphatic heterocycles. The van der Waals surface area contributed by atoms with E-state index >= 15 is 0 Å². The number of nitrogens with zero attached hydrogens (tertiary/aromatic N) is 2. The van der Waals surface area contributed by atoms with E-state index in [1.807, 2.05) is 0 Å². The highest BCUT2D eigenvalue weighted by molar-refractivity contribution is 6.01. The van der Waals surface area contributed by atoms with Gasteiger partial charge in [0.25, 0.3) is 11.8 Å². The Labute approximate surface area is 262 Å². The number of hydrogen-bond acceptors (Lipinski definition) is 8. The summed E-state index contributed by atoms with van der Waals surface area (Å²) in [4.78, 5) is 42.7. The predicted molar refractivity (Wildman–Crippen MR) is 172 cm³/mol. The van der Waals surface area contributed by atoms with E-state index < -0.39 is 36.0 Å². The van der Waals surface area contributed by atoms with E-state index in [2.05, 4.69) is 18.7 Å². The summed E-state index contributed by atoms with van der Waals surface area (Å²) in [7, 11) is 0. The quantitative estimate of drug-likeness (QED) is 0.0675. The maximum absolute atomic E-state index is 12.3. The van der Waals surface area contributed by atoms with E-state index in [1.165, 1.54) is 77.0 Å². The van der Waals surface area contributed by atoms with E-state index in [0.29, 0.717) is 37.5 Å². The fourth-order valence-electron chi connectivity index (χ4n) is 5.70. The number of carbonyl (C=O) groups is 3. The van der Waals surface area contributed by atoms with Gasteiger partial charge in [-0.15, -0.1) is 5.06 Å². The molecule has 0 aromatic carbocycles. The number of nitrogens with two attached hydrogens (primary N) is 1. The lowest BCUT2D eigenvalue weighted by molar-refractivity contribution is -0.198. The number of amides is 2. The van der Waals surface area contributed by atoms with Crippen molar-refractivity contribution < 1.29 is 29.4 Å². The lowest BCUT2D eigenvalue weighted by Crippen LogP contribution is -2.40. The van der Waals surface area contributed by atoms with Crippen molar-refractivity contribution in [2.24, 2.45) is 5.73 Å². The fraction of sp³-hybridized carbons (Fsp3) is 0.912. The van der Waals surface area contributed by atoms with Crippen LogP contribution in [0.5, 0.6) is 0 Å². The number of hydroxylamine groups is 2. The highest BCUT2D eigenvalue weighted by Crippen LogP contribution is 2.16. The minimum absolute atomic E-state index is 0.0486. The summed E-state index contributed by atoms with van der Waals surface area (Å²) in [6.45, 7) is 6.20. The SMILES string of the molecule is CCCCCCCCCC[C@@H](O)CN(CCCC[C@@H](N)C(=O)ON1C(=O)CCC1=O)C[C@H](O)CCCCCCCCCC. The third-order valence-corrected chi connectivity index (χ3v) is 8.45. The summed E-state index contributed by atoms with van der Waals surface area (Å²) in [6.07, 6.45) is 22.3. The Morgan fingerprint density at radius 3 is 1.53 bits per heavy atom. The number of aliphatic hydroxyl groups excluding tert-OH is 2. The monoisotopic (exact) mass is 611 g/mol. The number of rotatable bonds is 29. The number of aliphatic hydroxyl groups is 2. The molecule has 9 heteroatoms. The van der Waals surface area contributed by atoms with Crippen molar-refractivity contribution >= 4 is 17.8 Å². The lowest BCUT2D eigenvalue weighted by atomic mass is 10.0. The molecule has 9 nitrogen and oxygen atoms in total. The second kappa shape index (κ2) is 25.7. The molecule has 43 heavy (non-hydrogen) atoms. The maximum atomic E-state index is 12.3. The second-order valence-corrected chi connectivity index (χ2v) is 12.7. The van der Waals surface area contributed by atoms with Crippen LogP contribution in [0.4, 0.5) is 0 Å². The van der Waals surface area contributed by atoms with Gasteiger partial charge in [-0.2, -0.15) is 0 Å². The molecular formula is C34H65N3O6. The van der Waals surface area contributed by atoms with Crippen molar-refractivity contribution in [2.45, 2.75) is 180 Å². The largest absolute Gasteiger partial charge is 0.392 e. The molecule has 0 unspecified atom stereocenters. The van der Waals surface area contributed by atoms with Crippen molar-refractivity contribution in [3.05, 3.63) is 0 Å². The summed E-state index contributed by atoms with van der Waals surface area (Å²) in [5, 5.41) is 22.1. The molecule has 0 saturated carbocycles. The van der Waals surface area contributed by atoms with Gasteiger partial charge in [-0.25, -0.2) is 4.79 Å².